The van der Waals surface area contributed by atoms with E-state index in [9.17, 15) is 13.6 Å². The number of nitrogens with zero attached hydrogens (tertiary/aromatic N) is 6. The standard InChI is InChI=1S/C34H42F2N8O3/c1-4-33(45)40-26-19-27(30(46-3)20-29(26)43-12-9-23(10-13-43)42-16-14-41(5-2)15-17-42)39-31-21-32(38-22-37-31)44-28(11-18-47-44)34-24(35)7-6-8-25(34)36/h4,6-8,19-23,28H,1,5,9-18H2,2-3H3,(H,40,45)(H,37,38,39). The molecule has 2 aromatic carbocycles. The summed E-state index contributed by atoms with van der Waals surface area (Å²) in [6.45, 7) is 13.3. The first-order valence-corrected chi connectivity index (χ1v) is 16.2. The fraction of sp³-hybridized carbons (Fsp3) is 0.441. The number of likely N-dealkylation sites (N-methyl/N-ethyl adjacent to an activating group) is 1. The maximum absolute atomic E-state index is 14.7. The van der Waals surface area contributed by atoms with Crippen LogP contribution in [0, 0.1) is 11.6 Å². The Balaban J connectivity index is 1.22. The molecule has 0 bridgehead atoms. The lowest BCUT2D eigenvalue weighted by atomic mass is 10.0. The lowest BCUT2D eigenvalue weighted by Crippen LogP contribution is -2.53. The summed E-state index contributed by atoms with van der Waals surface area (Å²) < 4.78 is 35.1. The molecular formula is C34H42F2N8O3. The Bertz CT molecular complexity index is 1560. The van der Waals surface area contributed by atoms with Crippen LogP contribution in [-0.4, -0.2) is 91.2 Å². The van der Waals surface area contributed by atoms with Crippen LogP contribution in [0.25, 0.3) is 0 Å². The number of hydrogen-bond donors (Lipinski definition) is 2. The third kappa shape index (κ3) is 7.16. The molecule has 1 atom stereocenters. The highest BCUT2D eigenvalue weighted by atomic mass is 19.1. The van der Waals surface area contributed by atoms with Crippen LogP contribution in [0.4, 0.5) is 37.5 Å². The van der Waals surface area contributed by atoms with E-state index in [1.807, 2.05) is 12.1 Å². The summed E-state index contributed by atoms with van der Waals surface area (Å²) in [5.41, 5.74) is 1.96. The van der Waals surface area contributed by atoms with Gasteiger partial charge < -0.3 is 25.2 Å². The summed E-state index contributed by atoms with van der Waals surface area (Å²) in [7, 11) is 1.59. The number of carbonyl (C=O) groups is 1. The van der Waals surface area contributed by atoms with Gasteiger partial charge in [-0.3, -0.25) is 14.5 Å². The smallest absolute Gasteiger partial charge is 0.247 e. The number of rotatable bonds is 10. The van der Waals surface area contributed by atoms with Crippen molar-refractivity contribution in [3.8, 4) is 5.75 Å². The van der Waals surface area contributed by atoms with Crippen molar-refractivity contribution in [3.63, 3.8) is 0 Å². The van der Waals surface area contributed by atoms with Crippen LogP contribution in [0.15, 0.2) is 55.4 Å². The van der Waals surface area contributed by atoms with E-state index in [0.717, 1.165) is 64.3 Å². The Kier molecular flexibility index (Phi) is 10.1. The van der Waals surface area contributed by atoms with Gasteiger partial charge in [0, 0.05) is 69.4 Å². The van der Waals surface area contributed by atoms with Crippen molar-refractivity contribution in [1.82, 2.24) is 19.8 Å². The van der Waals surface area contributed by atoms with E-state index in [4.69, 9.17) is 9.57 Å². The number of methoxy groups -OCH3 is 1. The van der Waals surface area contributed by atoms with Crippen LogP contribution in [0.2, 0.25) is 0 Å². The number of halogens is 2. The van der Waals surface area contributed by atoms with E-state index in [-0.39, 0.29) is 18.1 Å². The Morgan fingerprint density at radius 1 is 1.04 bits per heavy atom. The second kappa shape index (κ2) is 14.6. The SMILES string of the molecule is C=CC(=O)Nc1cc(Nc2cc(N3OCCC3c3c(F)cccc3F)ncn2)c(OC)cc1N1CCC(N2CCN(CC)CC2)CC1. The molecule has 250 valence electrons. The second-order valence-electron chi connectivity index (χ2n) is 11.9. The highest BCUT2D eigenvalue weighted by Crippen LogP contribution is 2.41. The van der Waals surface area contributed by atoms with Crippen LogP contribution in [0.3, 0.4) is 0 Å². The van der Waals surface area contributed by atoms with Gasteiger partial charge in [0.1, 0.15) is 29.5 Å². The van der Waals surface area contributed by atoms with Crippen molar-refractivity contribution in [2.24, 2.45) is 0 Å². The number of carbonyl (C=O) groups excluding carboxylic acids is 1. The maximum Gasteiger partial charge on any atom is 0.247 e. The quantitative estimate of drug-likeness (QED) is 0.289. The molecule has 3 fully saturated rings. The van der Waals surface area contributed by atoms with Gasteiger partial charge in [0.2, 0.25) is 5.91 Å². The normalized spacial score (nSPS) is 19.5. The Morgan fingerprint density at radius 3 is 2.47 bits per heavy atom. The molecule has 2 N–H and O–H groups in total. The third-order valence-electron chi connectivity index (χ3n) is 9.32. The average molecular weight is 649 g/mol. The van der Waals surface area contributed by atoms with E-state index in [1.165, 1.54) is 35.7 Å². The van der Waals surface area contributed by atoms with Gasteiger partial charge in [0.05, 0.1) is 36.8 Å². The van der Waals surface area contributed by atoms with Crippen LogP contribution in [-0.2, 0) is 9.63 Å². The van der Waals surface area contributed by atoms with Crippen LogP contribution in [0.5, 0.6) is 5.75 Å². The zero-order chi connectivity index (χ0) is 32.9. The first-order valence-electron chi connectivity index (χ1n) is 16.2. The fourth-order valence-electron chi connectivity index (χ4n) is 6.76. The molecular weight excluding hydrogens is 606 g/mol. The monoisotopic (exact) mass is 648 g/mol. The Labute approximate surface area is 274 Å². The minimum atomic E-state index is -0.696. The van der Waals surface area contributed by atoms with Gasteiger partial charge >= 0.3 is 0 Å². The van der Waals surface area contributed by atoms with Crippen molar-refractivity contribution in [2.45, 2.75) is 38.3 Å². The summed E-state index contributed by atoms with van der Waals surface area (Å²) in [6.07, 6.45) is 5.04. The van der Waals surface area contributed by atoms with E-state index in [2.05, 4.69) is 48.8 Å². The fourth-order valence-corrected chi connectivity index (χ4v) is 6.76. The molecule has 0 saturated carbocycles. The molecule has 4 heterocycles. The molecule has 0 aliphatic carbocycles. The number of hydrogen-bond acceptors (Lipinski definition) is 10. The molecule has 11 nitrogen and oxygen atoms in total. The summed E-state index contributed by atoms with van der Waals surface area (Å²) in [6, 6.07) is 9.02. The average Bonchev–Trinajstić information content (AvgIpc) is 3.58. The van der Waals surface area contributed by atoms with E-state index in [1.54, 1.807) is 13.2 Å². The zero-order valence-corrected chi connectivity index (χ0v) is 26.9. The van der Waals surface area contributed by atoms with Gasteiger partial charge in [-0.15, -0.1) is 0 Å². The Morgan fingerprint density at radius 2 is 1.79 bits per heavy atom. The van der Waals surface area contributed by atoms with Crippen molar-refractivity contribution in [2.75, 3.05) is 80.1 Å². The minimum Gasteiger partial charge on any atom is -0.494 e. The molecule has 1 amide bonds. The molecule has 1 unspecified atom stereocenters. The third-order valence-corrected chi connectivity index (χ3v) is 9.32. The highest BCUT2D eigenvalue weighted by molar-refractivity contribution is 6.02. The molecule has 6 rings (SSSR count). The molecule has 3 aliphatic rings. The molecule has 3 aliphatic heterocycles. The van der Waals surface area contributed by atoms with Gasteiger partial charge in [-0.1, -0.05) is 19.6 Å². The number of amides is 1. The molecule has 0 spiro atoms. The number of piperazine rings is 1. The van der Waals surface area contributed by atoms with Gasteiger partial charge in [-0.2, -0.15) is 0 Å². The maximum atomic E-state index is 14.7. The minimum absolute atomic E-state index is 0.0684. The number of piperidine rings is 1. The predicted octanol–water partition coefficient (Wildman–Crippen LogP) is 5.12. The molecule has 3 saturated heterocycles. The number of benzene rings is 2. The summed E-state index contributed by atoms with van der Waals surface area (Å²) in [4.78, 5) is 34.4. The topological polar surface area (TPSA) is 98.3 Å². The van der Waals surface area contributed by atoms with E-state index in [0.29, 0.717) is 41.2 Å². The van der Waals surface area contributed by atoms with Gasteiger partial charge in [0.15, 0.2) is 5.82 Å². The van der Waals surface area contributed by atoms with Crippen molar-refractivity contribution in [1.29, 1.82) is 0 Å². The van der Waals surface area contributed by atoms with Crippen molar-refractivity contribution < 1.29 is 23.1 Å². The Hall–Kier alpha value is -4.33. The van der Waals surface area contributed by atoms with Crippen LogP contribution >= 0.6 is 0 Å². The largest absolute Gasteiger partial charge is 0.494 e. The summed E-state index contributed by atoms with van der Waals surface area (Å²) in [5.74, 6) is -0.324. The molecule has 47 heavy (non-hydrogen) atoms. The molecule has 1 aromatic heterocycles. The van der Waals surface area contributed by atoms with Crippen LogP contribution < -0.4 is 25.3 Å². The van der Waals surface area contributed by atoms with Crippen molar-refractivity contribution >= 4 is 34.6 Å². The number of anilines is 5. The van der Waals surface area contributed by atoms with E-state index >= 15 is 0 Å². The number of aromatic nitrogens is 2. The molecule has 3 aromatic rings. The lowest BCUT2D eigenvalue weighted by molar-refractivity contribution is -0.111. The second-order valence-corrected chi connectivity index (χ2v) is 11.9. The summed E-state index contributed by atoms with van der Waals surface area (Å²) >= 11 is 0. The number of hydroxylamine groups is 1. The van der Waals surface area contributed by atoms with Gasteiger partial charge in [0.25, 0.3) is 0 Å². The highest BCUT2D eigenvalue weighted by Gasteiger charge is 2.34. The van der Waals surface area contributed by atoms with Gasteiger partial charge in [-0.05, 0) is 43.7 Å². The van der Waals surface area contributed by atoms with Crippen molar-refractivity contribution in [3.05, 3.63) is 72.6 Å². The summed E-state index contributed by atoms with van der Waals surface area (Å²) in [5, 5.41) is 7.66. The van der Waals surface area contributed by atoms with Crippen LogP contribution in [0.1, 0.15) is 37.8 Å². The predicted molar refractivity (Wildman–Crippen MR) is 178 cm³/mol. The lowest BCUT2D eigenvalue weighted by Gasteiger charge is -2.43. The molecule has 0 radical (unpaired) electrons. The molecule has 13 heteroatoms. The number of ether oxygens (including phenoxy) is 1. The van der Waals surface area contributed by atoms with Gasteiger partial charge in [-0.25, -0.2) is 23.8 Å². The van der Waals surface area contributed by atoms with E-state index < -0.39 is 17.7 Å². The number of nitrogens with one attached hydrogen (secondary N) is 2. The first kappa shape index (κ1) is 32.6. The first-order chi connectivity index (χ1) is 22.9. The zero-order valence-electron chi connectivity index (χ0n) is 26.9.